The molecule has 3 rings (SSSR count). The standard InChI is InChI=1S/C24H32FNO/c1-2-18-7-9-21(10-8-18)22-11-13-24(14-12-22)27-17-20-5-3-19(4-6-20)15-23(25)16-26/h7-10,15,19-20,22,24H,2-6,11-14,17H2,1H3/b23-15+/t19-,20-,22-,24-. The van der Waals surface area contributed by atoms with Gasteiger partial charge in [-0.25, -0.2) is 0 Å². The maximum atomic E-state index is 13.1. The van der Waals surface area contributed by atoms with Crippen LogP contribution in [0.3, 0.4) is 0 Å². The quantitative estimate of drug-likeness (QED) is 0.538. The van der Waals surface area contributed by atoms with Crippen LogP contribution in [0, 0.1) is 23.2 Å². The van der Waals surface area contributed by atoms with Gasteiger partial charge in [-0.3, -0.25) is 0 Å². The van der Waals surface area contributed by atoms with Crippen LogP contribution in [0.25, 0.3) is 0 Å². The lowest BCUT2D eigenvalue weighted by atomic mass is 9.81. The number of halogens is 1. The third-order valence-electron chi connectivity index (χ3n) is 6.48. The normalized spacial score (nSPS) is 29.3. The Morgan fingerprint density at radius 3 is 2.33 bits per heavy atom. The molecule has 27 heavy (non-hydrogen) atoms. The molecule has 2 saturated carbocycles. The summed E-state index contributed by atoms with van der Waals surface area (Å²) >= 11 is 0. The first-order valence-electron chi connectivity index (χ1n) is 10.7. The van der Waals surface area contributed by atoms with Crippen molar-refractivity contribution in [3.63, 3.8) is 0 Å². The molecule has 0 bridgehead atoms. The molecule has 0 unspecified atom stereocenters. The zero-order chi connectivity index (χ0) is 19.1. The van der Waals surface area contributed by atoms with Crippen LogP contribution in [0.1, 0.15) is 75.3 Å². The minimum absolute atomic E-state index is 0.232. The van der Waals surface area contributed by atoms with Crippen molar-refractivity contribution in [1.29, 1.82) is 5.26 Å². The summed E-state index contributed by atoms with van der Waals surface area (Å²) < 4.78 is 19.3. The number of rotatable bonds is 6. The van der Waals surface area contributed by atoms with E-state index < -0.39 is 5.83 Å². The Labute approximate surface area is 163 Å². The Bertz CT molecular complexity index is 644. The smallest absolute Gasteiger partial charge is 0.196 e. The maximum Gasteiger partial charge on any atom is 0.196 e. The SMILES string of the molecule is CCc1ccc([C@H]2CC[C@H](OC[C@H]3CC[C@H](/C=C(/F)C#N)CC3)CC2)cc1. The van der Waals surface area contributed by atoms with E-state index in [0.29, 0.717) is 17.9 Å². The summed E-state index contributed by atoms with van der Waals surface area (Å²) in [4.78, 5) is 0. The molecular weight excluding hydrogens is 337 g/mol. The second-order valence-electron chi connectivity index (χ2n) is 8.31. The zero-order valence-electron chi connectivity index (χ0n) is 16.5. The topological polar surface area (TPSA) is 33.0 Å². The second kappa shape index (κ2) is 10.0. The summed E-state index contributed by atoms with van der Waals surface area (Å²) in [7, 11) is 0. The highest BCUT2D eigenvalue weighted by molar-refractivity contribution is 5.25. The number of ether oxygens (including phenoxy) is 1. The van der Waals surface area contributed by atoms with Gasteiger partial charge in [0.2, 0.25) is 0 Å². The van der Waals surface area contributed by atoms with E-state index in [1.165, 1.54) is 30.0 Å². The van der Waals surface area contributed by atoms with E-state index in [0.717, 1.165) is 51.6 Å². The fourth-order valence-corrected chi connectivity index (χ4v) is 4.63. The van der Waals surface area contributed by atoms with Crippen molar-refractivity contribution in [2.75, 3.05) is 6.61 Å². The molecule has 0 spiro atoms. The third kappa shape index (κ3) is 5.91. The molecule has 146 valence electrons. The van der Waals surface area contributed by atoms with Crippen LogP contribution in [0.4, 0.5) is 4.39 Å². The van der Waals surface area contributed by atoms with Crippen molar-refractivity contribution < 1.29 is 9.13 Å². The van der Waals surface area contributed by atoms with Crippen LogP contribution in [-0.4, -0.2) is 12.7 Å². The van der Waals surface area contributed by atoms with Gasteiger partial charge >= 0.3 is 0 Å². The van der Waals surface area contributed by atoms with Gasteiger partial charge in [-0.1, -0.05) is 31.2 Å². The van der Waals surface area contributed by atoms with Crippen LogP contribution in [0.5, 0.6) is 0 Å². The van der Waals surface area contributed by atoms with E-state index in [2.05, 4.69) is 31.2 Å². The number of allylic oxidation sites excluding steroid dienone is 2. The zero-order valence-corrected chi connectivity index (χ0v) is 16.5. The van der Waals surface area contributed by atoms with E-state index in [1.54, 1.807) is 6.07 Å². The number of aryl methyl sites for hydroxylation is 1. The lowest BCUT2D eigenvalue weighted by molar-refractivity contribution is -0.00340. The molecule has 1 aromatic rings. The Balaban J connectivity index is 1.36. The Hall–Kier alpha value is -1.66. The monoisotopic (exact) mass is 369 g/mol. The number of nitrogens with zero attached hydrogens (tertiary/aromatic N) is 1. The van der Waals surface area contributed by atoms with Crippen LogP contribution >= 0.6 is 0 Å². The highest BCUT2D eigenvalue weighted by Gasteiger charge is 2.25. The number of benzene rings is 1. The van der Waals surface area contributed by atoms with Crippen LogP contribution in [0.15, 0.2) is 36.2 Å². The summed E-state index contributed by atoms with van der Waals surface area (Å²) in [6.07, 6.45) is 11.9. The van der Waals surface area contributed by atoms with Crippen molar-refractivity contribution >= 4 is 0 Å². The van der Waals surface area contributed by atoms with Crippen molar-refractivity contribution in [1.82, 2.24) is 0 Å². The second-order valence-corrected chi connectivity index (χ2v) is 8.31. The average molecular weight is 370 g/mol. The molecule has 2 aliphatic carbocycles. The lowest BCUT2D eigenvalue weighted by Crippen LogP contribution is -2.25. The molecule has 0 saturated heterocycles. The molecule has 1 aromatic carbocycles. The molecule has 0 amide bonds. The summed E-state index contributed by atoms with van der Waals surface area (Å²) in [5, 5.41) is 8.55. The van der Waals surface area contributed by atoms with Gasteiger partial charge in [0, 0.05) is 6.61 Å². The Morgan fingerprint density at radius 2 is 1.74 bits per heavy atom. The molecule has 0 atom stereocenters. The molecule has 0 radical (unpaired) electrons. The summed E-state index contributed by atoms with van der Waals surface area (Å²) in [6, 6.07) is 10.7. The van der Waals surface area contributed by atoms with Crippen molar-refractivity contribution in [2.24, 2.45) is 11.8 Å². The van der Waals surface area contributed by atoms with Crippen LogP contribution in [0.2, 0.25) is 0 Å². The summed E-state index contributed by atoms with van der Waals surface area (Å²) in [5.74, 6) is 0.887. The van der Waals surface area contributed by atoms with Crippen LogP contribution in [-0.2, 0) is 11.2 Å². The fraction of sp³-hybridized carbons (Fsp3) is 0.625. The van der Waals surface area contributed by atoms with Gasteiger partial charge in [0.25, 0.3) is 0 Å². The van der Waals surface area contributed by atoms with Crippen LogP contribution < -0.4 is 0 Å². The van der Waals surface area contributed by atoms with E-state index in [4.69, 9.17) is 10.00 Å². The number of hydrogen-bond donors (Lipinski definition) is 0. The molecular formula is C24H32FNO. The Kier molecular flexibility index (Phi) is 7.47. The molecule has 2 fully saturated rings. The van der Waals surface area contributed by atoms with E-state index in [-0.39, 0.29) is 5.92 Å². The Morgan fingerprint density at radius 1 is 1.07 bits per heavy atom. The number of nitriles is 1. The highest BCUT2D eigenvalue weighted by Crippen LogP contribution is 2.35. The molecule has 3 heteroatoms. The highest BCUT2D eigenvalue weighted by atomic mass is 19.1. The summed E-state index contributed by atoms with van der Waals surface area (Å²) in [6.45, 7) is 3.04. The number of hydrogen-bond acceptors (Lipinski definition) is 2. The van der Waals surface area contributed by atoms with E-state index in [1.807, 2.05) is 0 Å². The fourth-order valence-electron chi connectivity index (χ4n) is 4.63. The van der Waals surface area contributed by atoms with Crippen molar-refractivity contribution in [2.45, 2.75) is 76.7 Å². The van der Waals surface area contributed by atoms with Gasteiger partial charge in [0.15, 0.2) is 5.83 Å². The third-order valence-corrected chi connectivity index (χ3v) is 6.48. The molecule has 0 heterocycles. The van der Waals surface area contributed by atoms with Gasteiger partial charge in [-0.15, -0.1) is 0 Å². The van der Waals surface area contributed by atoms with Gasteiger partial charge in [-0.2, -0.15) is 9.65 Å². The van der Waals surface area contributed by atoms with Crippen molar-refractivity contribution in [3.8, 4) is 6.07 Å². The predicted octanol–water partition coefficient (Wildman–Crippen LogP) is 6.48. The minimum Gasteiger partial charge on any atom is -0.378 e. The molecule has 0 N–H and O–H groups in total. The molecule has 2 nitrogen and oxygen atoms in total. The molecule has 0 aromatic heterocycles. The summed E-state index contributed by atoms with van der Waals surface area (Å²) in [5.41, 5.74) is 2.90. The van der Waals surface area contributed by atoms with Gasteiger partial charge in [-0.05, 0) is 92.7 Å². The predicted molar refractivity (Wildman–Crippen MR) is 107 cm³/mol. The van der Waals surface area contributed by atoms with E-state index >= 15 is 0 Å². The van der Waals surface area contributed by atoms with Gasteiger partial charge in [0.1, 0.15) is 6.07 Å². The first kappa shape index (κ1) is 20.1. The first-order chi connectivity index (χ1) is 13.2. The largest absolute Gasteiger partial charge is 0.378 e. The first-order valence-corrected chi connectivity index (χ1v) is 10.7. The molecule has 2 aliphatic rings. The lowest BCUT2D eigenvalue weighted by Gasteiger charge is -2.32. The minimum atomic E-state index is -0.629. The maximum absolute atomic E-state index is 13.1. The van der Waals surface area contributed by atoms with E-state index in [9.17, 15) is 4.39 Å². The average Bonchev–Trinajstić information content (AvgIpc) is 2.73. The van der Waals surface area contributed by atoms with Crippen molar-refractivity contribution in [3.05, 3.63) is 47.3 Å². The molecule has 0 aliphatic heterocycles. The van der Waals surface area contributed by atoms with Gasteiger partial charge < -0.3 is 4.74 Å². The van der Waals surface area contributed by atoms with Gasteiger partial charge in [0.05, 0.1) is 6.10 Å².